The molecule has 0 radical (unpaired) electrons. The minimum atomic E-state index is -0.546. The number of aromatic nitrogens is 1. The molecule has 1 aliphatic heterocycles. The second kappa shape index (κ2) is 18.7. The second-order valence-electron chi connectivity index (χ2n) is 14.2. The molecule has 4 aromatic rings. The fraction of sp³-hybridized carbons (Fsp3) is 0.390. The summed E-state index contributed by atoms with van der Waals surface area (Å²) in [5, 5.41) is 32.3. The zero-order valence-electron chi connectivity index (χ0n) is 30.9. The van der Waals surface area contributed by atoms with Crippen molar-refractivity contribution in [1.82, 2.24) is 15.2 Å². The van der Waals surface area contributed by atoms with Crippen LogP contribution in [0, 0.1) is 24.2 Å². The van der Waals surface area contributed by atoms with Gasteiger partial charge in [0.2, 0.25) is 0 Å². The number of benzene rings is 3. The van der Waals surface area contributed by atoms with Crippen molar-refractivity contribution in [1.29, 1.82) is 5.26 Å². The van der Waals surface area contributed by atoms with E-state index in [9.17, 15) is 20.3 Å². The van der Waals surface area contributed by atoms with E-state index in [2.05, 4.69) is 16.4 Å². The minimum absolute atomic E-state index is 0.135. The predicted molar refractivity (Wildman–Crippen MR) is 207 cm³/mol. The lowest BCUT2D eigenvalue weighted by atomic mass is 9.96. The van der Waals surface area contributed by atoms with Crippen molar-refractivity contribution in [2.45, 2.75) is 65.5 Å². The van der Waals surface area contributed by atoms with Crippen LogP contribution in [0.3, 0.4) is 0 Å². The van der Waals surface area contributed by atoms with Crippen LogP contribution in [0.2, 0.25) is 10.0 Å². The summed E-state index contributed by atoms with van der Waals surface area (Å²) < 4.78 is 24.2. The molecule has 2 heterocycles. The second-order valence-corrected chi connectivity index (χ2v) is 15.0. The van der Waals surface area contributed by atoms with Crippen molar-refractivity contribution in [2.75, 3.05) is 32.9 Å². The smallest absolute Gasteiger partial charge is 0.410 e. The lowest BCUT2D eigenvalue weighted by Crippen LogP contribution is -2.35. The van der Waals surface area contributed by atoms with Crippen molar-refractivity contribution < 1.29 is 34.0 Å². The normalized spacial score (nSPS) is 14.2. The standard InChI is InChI=1S/C41H46Cl2N4O7/c1-26-30(7-5-8-33(26)34-9-6-10-36(39(34)43)51-23-27-11-12-47(20-27)40(50)54-41(2,3)4)25-53-38-15-37(52-24-29-13-28(16-44)17-45-18-29)31(14-35(38)42)19-46-32(21-48)22-49/h5-10,13-15,17-18,27,32,46,48-49H,11-12,19-25H2,1-4H3. The number of nitriles is 1. The Bertz CT molecular complexity index is 1960. The topological polar surface area (TPSA) is 146 Å². The average molecular weight is 778 g/mol. The quantitative estimate of drug-likeness (QED) is 0.111. The Morgan fingerprint density at radius 3 is 2.46 bits per heavy atom. The van der Waals surface area contributed by atoms with Gasteiger partial charge in [0.1, 0.15) is 42.1 Å². The monoisotopic (exact) mass is 776 g/mol. The first-order valence-electron chi connectivity index (χ1n) is 17.7. The molecule has 0 spiro atoms. The van der Waals surface area contributed by atoms with Gasteiger partial charge < -0.3 is 39.4 Å². The third kappa shape index (κ3) is 10.8. The minimum Gasteiger partial charge on any atom is -0.492 e. The number of aliphatic hydroxyl groups excluding tert-OH is 2. The molecule has 1 amide bonds. The number of ether oxygens (including phenoxy) is 4. The molecule has 1 atom stereocenters. The van der Waals surface area contributed by atoms with E-state index < -0.39 is 11.6 Å². The third-order valence-corrected chi connectivity index (χ3v) is 9.64. The van der Waals surface area contributed by atoms with E-state index in [1.54, 1.807) is 29.3 Å². The number of rotatable bonds is 15. The highest BCUT2D eigenvalue weighted by atomic mass is 35.5. The Kier molecular flexibility index (Phi) is 14.0. The lowest BCUT2D eigenvalue weighted by Gasteiger charge is -2.24. The zero-order valence-corrected chi connectivity index (χ0v) is 32.4. The Morgan fingerprint density at radius 2 is 1.72 bits per heavy atom. The molecule has 3 N–H and O–H groups in total. The molecule has 0 aliphatic carbocycles. The summed E-state index contributed by atoms with van der Waals surface area (Å²) in [5.41, 5.74) is 4.90. The van der Waals surface area contributed by atoms with Crippen LogP contribution in [-0.4, -0.2) is 70.7 Å². The van der Waals surface area contributed by atoms with Crippen LogP contribution in [-0.2, 0) is 24.5 Å². The van der Waals surface area contributed by atoms with Gasteiger partial charge in [0.05, 0.1) is 41.5 Å². The predicted octanol–water partition coefficient (Wildman–Crippen LogP) is 7.47. The van der Waals surface area contributed by atoms with Crippen LogP contribution in [0.1, 0.15) is 55.0 Å². The van der Waals surface area contributed by atoms with Crippen molar-refractivity contribution in [2.24, 2.45) is 5.92 Å². The van der Waals surface area contributed by atoms with Gasteiger partial charge in [-0.3, -0.25) is 4.98 Å². The summed E-state index contributed by atoms with van der Waals surface area (Å²) in [6, 6.07) is 18.3. The molecule has 0 bridgehead atoms. The number of likely N-dealkylation sites (tertiary alicyclic amines) is 1. The SMILES string of the molecule is Cc1c(COc2cc(OCc3cncc(C#N)c3)c(CNC(CO)CO)cc2Cl)cccc1-c1cccc(OCC2CCN(C(=O)OC(C)(C)C)C2)c1Cl. The van der Waals surface area contributed by atoms with E-state index in [1.165, 1.54) is 6.20 Å². The van der Waals surface area contributed by atoms with Crippen LogP contribution >= 0.6 is 23.2 Å². The number of hydrogen-bond acceptors (Lipinski definition) is 10. The first-order valence-corrected chi connectivity index (χ1v) is 18.5. The largest absolute Gasteiger partial charge is 0.492 e. The van der Waals surface area contributed by atoms with Crippen LogP contribution < -0.4 is 19.5 Å². The molecule has 286 valence electrons. The van der Waals surface area contributed by atoms with E-state index in [-0.39, 0.29) is 45.0 Å². The number of aliphatic hydroxyl groups is 2. The van der Waals surface area contributed by atoms with Crippen LogP contribution in [0.15, 0.2) is 67.0 Å². The van der Waals surface area contributed by atoms with E-state index in [1.807, 2.05) is 64.1 Å². The summed E-state index contributed by atoms with van der Waals surface area (Å²) in [5.74, 6) is 1.60. The molecule has 13 heteroatoms. The number of carbonyl (C=O) groups excluding carboxylic acids is 1. The summed E-state index contributed by atoms with van der Waals surface area (Å²) in [4.78, 5) is 18.4. The number of nitrogens with zero attached hydrogens (tertiary/aromatic N) is 3. The zero-order chi connectivity index (χ0) is 38.8. The van der Waals surface area contributed by atoms with Crippen molar-refractivity contribution in [3.8, 4) is 34.4 Å². The van der Waals surface area contributed by atoms with Gasteiger partial charge in [0, 0.05) is 60.7 Å². The average Bonchev–Trinajstić information content (AvgIpc) is 3.63. The number of nitrogens with one attached hydrogen (secondary N) is 1. The van der Waals surface area contributed by atoms with Gasteiger partial charge in [-0.25, -0.2) is 4.79 Å². The van der Waals surface area contributed by atoms with Crippen LogP contribution in [0.4, 0.5) is 4.79 Å². The van der Waals surface area contributed by atoms with Gasteiger partial charge in [-0.2, -0.15) is 5.26 Å². The summed E-state index contributed by atoms with van der Waals surface area (Å²) >= 11 is 13.7. The molecule has 1 fully saturated rings. The number of halogens is 2. The number of carbonyl (C=O) groups is 1. The van der Waals surface area contributed by atoms with Gasteiger partial charge >= 0.3 is 6.09 Å². The van der Waals surface area contributed by atoms with Gasteiger partial charge in [-0.05, 0) is 69.0 Å². The Morgan fingerprint density at radius 1 is 0.981 bits per heavy atom. The molecule has 54 heavy (non-hydrogen) atoms. The summed E-state index contributed by atoms with van der Waals surface area (Å²) in [7, 11) is 0. The molecule has 0 saturated carbocycles. The maximum atomic E-state index is 12.5. The fourth-order valence-corrected chi connectivity index (χ4v) is 6.50. The highest BCUT2D eigenvalue weighted by Gasteiger charge is 2.30. The highest BCUT2D eigenvalue weighted by Crippen LogP contribution is 2.39. The van der Waals surface area contributed by atoms with Gasteiger partial charge in [-0.1, -0.05) is 53.5 Å². The van der Waals surface area contributed by atoms with Gasteiger partial charge in [0.15, 0.2) is 0 Å². The van der Waals surface area contributed by atoms with Crippen LogP contribution in [0.5, 0.6) is 17.2 Å². The summed E-state index contributed by atoms with van der Waals surface area (Å²) in [6.07, 6.45) is 3.61. The Balaban J connectivity index is 1.29. The van der Waals surface area contributed by atoms with Gasteiger partial charge in [-0.15, -0.1) is 0 Å². The maximum absolute atomic E-state index is 12.5. The first-order chi connectivity index (χ1) is 25.9. The van der Waals surface area contributed by atoms with Crippen LogP contribution in [0.25, 0.3) is 11.1 Å². The number of hydrogen-bond donors (Lipinski definition) is 3. The maximum Gasteiger partial charge on any atom is 0.410 e. The molecule has 3 aromatic carbocycles. The molecule has 1 aromatic heterocycles. The van der Waals surface area contributed by atoms with Gasteiger partial charge in [0.25, 0.3) is 0 Å². The van der Waals surface area contributed by atoms with Crippen molar-refractivity contribution in [3.05, 3.63) is 105 Å². The summed E-state index contributed by atoms with van der Waals surface area (Å²) in [6.45, 7) is 9.29. The molecule has 11 nitrogen and oxygen atoms in total. The lowest BCUT2D eigenvalue weighted by molar-refractivity contribution is 0.0284. The van der Waals surface area contributed by atoms with E-state index in [4.69, 9.17) is 42.1 Å². The van der Waals surface area contributed by atoms with E-state index in [0.717, 1.165) is 28.7 Å². The number of amides is 1. The molecular formula is C41H46Cl2N4O7. The fourth-order valence-electron chi connectivity index (χ4n) is 5.97. The van der Waals surface area contributed by atoms with Crippen molar-refractivity contribution >= 4 is 29.3 Å². The van der Waals surface area contributed by atoms with Crippen molar-refractivity contribution in [3.63, 3.8) is 0 Å². The highest BCUT2D eigenvalue weighted by molar-refractivity contribution is 6.35. The molecule has 1 unspecified atom stereocenters. The van der Waals surface area contributed by atoms with E-state index in [0.29, 0.717) is 63.7 Å². The number of pyridine rings is 1. The first kappa shape index (κ1) is 40.6. The molecule has 1 aliphatic rings. The third-order valence-electron chi connectivity index (χ3n) is 8.95. The van der Waals surface area contributed by atoms with E-state index >= 15 is 0 Å². The Hall–Kier alpha value is -4.57. The molecule has 5 rings (SSSR count). The molecular weight excluding hydrogens is 731 g/mol. The molecule has 1 saturated heterocycles. The Labute approximate surface area is 326 Å².